The first-order valence-electron chi connectivity index (χ1n) is 18.7. The molecule has 2 unspecified atom stereocenters. The van der Waals surface area contributed by atoms with Gasteiger partial charge in [0.1, 0.15) is 36.3 Å². The number of carbonyl (C=O) groups excluding carboxylic acids is 3. The third-order valence-electron chi connectivity index (χ3n) is 8.65. The van der Waals surface area contributed by atoms with Gasteiger partial charge in [-0.2, -0.15) is 0 Å². The summed E-state index contributed by atoms with van der Waals surface area (Å²) in [6.45, 7) is 2.29. The summed E-state index contributed by atoms with van der Waals surface area (Å²) >= 11 is 1.10. The number of phosphoric ester groups is 3. The summed E-state index contributed by atoms with van der Waals surface area (Å²) < 4.78 is 60.6. The van der Waals surface area contributed by atoms with E-state index in [1.165, 1.54) is 33.1 Å². The highest BCUT2D eigenvalue weighted by molar-refractivity contribution is 8.13. The van der Waals surface area contributed by atoms with Gasteiger partial charge in [0, 0.05) is 37.1 Å². The number of hydrogen-bond acceptors (Lipinski definition) is 22. The molecule has 0 aromatic carbocycles. The fourth-order valence-corrected chi connectivity index (χ4v) is 8.90. The molecule has 2 aromatic rings. The van der Waals surface area contributed by atoms with E-state index in [1.807, 2.05) is 6.08 Å². The van der Waals surface area contributed by atoms with Gasteiger partial charge in [-0.3, -0.25) is 28.1 Å². The molecule has 0 saturated carbocycles. The van der Waals surface area contributed by atoms with Gasteiger partial charge in [0.05, 0.1) is 27.4 Å². The number of ether oxygens (including phenoxy) is 1. The SMILES string of the molecule is CCCCCC/C=C\CCC(=O)SCCNC(=O)CCNC(=O)[C@H](O)C(C)(C)COP(=O)([O-])OP(=O)([O-])OC[C@H]1O[C@@H](n2cnc3c(N)ncnc32)[C@H](O)[C@@H]1OP(=O)([O-])[O-]. The van der Waals surface area contributed by atoms with Crippen LogP contribution < -0.4 is 35.9 Å². The van der Waals surface area contributed by atoms with Gasteiger partial charge in [0.25, 0.3) is 15.6 Å². The van der Waals surface area contributed by atoms with Crippen LogP contribution in [0.2, 0.25) is 0 Å². The number of aliphatic hydroxyl groups excluding tert-OH is 2. The molecule has 340 valence electrons. The molecule has 1 aliphatic heterocycles. The van der Waals surface area contributed by atoms with E-state index in [9.17, 15) is 57.9 Å². The molecule has 0 aliphatic carbocycles. The number of nitrogens with two attached hydrogens (primary N) is 1. The van der Waals surface area contributed by atoms with Gasteiger partial charge in [0.15, 0.2) is 22.8 Å². The number of carbonyl (C=O) groups is 3. The molecule has 2 amide bonds. The number of nitrogen functional groups attached to an aromatic ring is 1. The lowest BCUT2D eigenvalue weighted by molar-refractivity contribution is -0.347. The second kappa shape index (κ2) is 23.7. The first kappa shape index (κ1) is 51.6. The number of rotatable bonds is 27. The molecule has 0 bridgehead atoms. The van der Waals surface area contributed by atoms with E-state index in [1.54, 1.807) is 0 Å². The molecule has 2 aromatic heterocycles. The number of hydrogen-bond donors (Lipinski definition) is 5. The Hall–Kier alpha value is -2.70. The van der Waals surface area contributed by atoms with Crippen LogP contribution in [0.4, 0.5) is 5.82 Å². The van der Waals surface area contributed by atoms with Gasteiger partial charge in [0.2, 0.25) is 11.8 Å². The van der Waals surface area contributed by atoms with Crippen LogP contribution in [0.5, 0.6) is 0 Å². The molecule has 24 nitrogen and oxygen atoms in total. The molecule has 1 fully saturated rings. The fraction of sp³-hybridized carbons (Fsp3) is 0.688. The molecule has 28 heteroatoms. The first-order chi connectivity index (χ1) is 28.1. The molecule has 3 rings (SSSR count). The maximum atomic E-state index is 12.6. The average Bonchev–Trinajstić information content (AvgIpc) is 3.72. The number of fused-ring (bicyclic) bond motifs is 1. The summed E-state index contributed by atoms with van der Waals surface area (Å²) in [6, 6.07) is 0. The Morgan fingerprint density at radius 1 is 1.02 bits per heavy atom. The second-order valence-corrected chi connectivity index (χ2v) is 19.3. The fourth-order valence-electron chi connectivity index (χ4n) is 5.47. The number of aliphatic hydroxyl groups is 2. The topological polar surface area (TPSA) is 375 Å². The van der Waals surface area contributed by atoms with E-state index in [-0.39, 0.29) is 41.6 Å². The summed E-state index contributed by atoms with van der Waals surface area (Å²) in [7, 11) is -17.6. The van der Waals surface area contributed by atoms with Crippen LogP contribution in [0, 0.1) is 5.41 Å². The number of amides is 2. The van der Waals surface area contributed by atoms with Gasteiger partial charge in [-0.25, -0.2) is 19.3 Å². The Balaban J connectivity index is 1.41. The Labute approximate surface area is 349 Å². The minimum atomic E-state index is -5.91. The van der Waals surface area contributed by atoms with Crippen molar-refractivity contribution in [2.24, 2.45) is 5.41 Å². The van der Waals surface area contributed by atoms with Crippen molar-refractivity contribution >= 4 is 69.1 Å². The number of aromatic nitrogens is 4. The van der Waals surface area contributed by atoms with Crippen molar-refractivity contribution in [1.29, 1.82) is 0 Å². The zero-order chi connectivity index (χ0) is 44.7. The largest absolute Gasteiger partial charge is 0.790 e. The molecule has 1 saturated heterocycles. The smallest absolute Gasteiger partial charge is 0.274 e. The summed E-state index contributed by atoms with van der Waals surface area (Å²) in [4.78, 5) is 96.3. The van der Waals surface area contributed by atoms with Crippen LogP contribution >= 0.6 is 35.2 Å². The lowest BCUT2D eigenvalue weighted by Crippen LogP contribution is -2.46. The highest BCUT2D eigenvalue weighted by Gasteiger charge is 2.47. The number of anilines is 1. The molecule has 0 spiro atoms. The maximum absolute atomic E-state index is 12.6. The van der Waals surface area contributed by atoms with Crippen LogP contribution in [0.15, 0.2) is 24.8 Å². The summed E-state index contributed by atoms with van der Waals surface area (Å²) in [5, 5.41) is 26.3. The van der Waals surface area contributed by atoms with Crippen molar-refractivity contribution in [3.8, 4) is 0 Å². The first-order valence-corrected chi connectivity index (χ1v) is 24.0. The molecular formula is C32H50N7O17P3S-4. The lowest BCUT2D eigenvalue weighted by Gasteiger charge is -2.36. The Bertz CT molecular complexity index is 1920. The van der Waals surface area contributed by atoms with E-state index in [2.05, 4.69) is 56.5 Å². The van der Waals surface area contributed by atoms with Crippen LogP contribution in [-0.2, 0) is 50.7 Å². The van der Waals surface area contributed by atoms with E-state index in [4.69, 9.17) is 10.5 Å². The number of phosphoric acid groups is 3. The summed E-state index contributed by atoms with van der Waals surface area (Å²) in [5.74, 6) is -1.18. The molecule has 7 atom stereocenters. The van der Waals surface area contributed by atoms with Crippen LogP contribution in [0.3, 0.4) is 0 Å². The number of thioether (sulfide) groups is 1. The summed E-state index contributed by atoms with van der Waals surface area (Å²) in [5.41, 5.74) is 4.08. The van der Waals surface area contributed by atoms with Crippen molar-refractivity contribution in [2.45, 2.75) is 103 Å². The molecule has 60 heavy (non-hydrogen) atoms. The van der Waals surface area contributed by atoms with Gasteiger partial charge < -0.3 is 69.0 Å². The monoisotopic (exact) mass is 929 g/mol. The normalized spacial score (nSPS) is 21.1. The van der Waals surface area contributed by atoms with Crippen molar-refractivity contribution in [3.05, 3.63) is 24.8 Å². The van der Waals surface area contributed by atoms with E-state index < -0.39 is 84.6 Å². The number of imidazole rings is 1. The predicted octanol–water partition coefficient (Wildman–Crippen LogP) is -0.556. The van der Waals surface area contributed by atoms with Gasteiger partial charge >= 0.3 is 0 Å². The molecular weight excluding hydrogens is 879 g/mol. The van der Waals surface area contributed by atoms with Crippen molar-refractivity contribution < 1.29 is 80.5 Å². The zero-order valence-corrected chi connectivity index (χ0v) is 36.5. The zero-order valence-electron chi connectivity index (χ0n) is 33.0. The number of allylic oxidation sites excluding steroid dienone is 2. The Morgan fingerprint density at radius 3 is 2.42 bits per heavy atom. The molecule has 6 N–H and O–H groups in total. The van der Waals surface area contributed by atoms with Crippen LogP contribution in [0.1, 0.15) is 78.4 Å². The van der Waals surface area contributed by atoms with E-state index in [0.29, 0.717) is 18.6 Å². The van der Waals surface area contributed by atoms with Gasteiger partial charge in [-0.15, -0.1) is 0 Å². The van der Waals surface area contributed by atoms with Crippen LogP contribution in [0.25, 0.3) is 11.2 Å². The number of nitrogens with one attached hydrogen (secondary N) is 2. The Kier molecular flexibility index (Phi) is 20.4. The van der Waals surface area contributed by atoms with Crippen molar-refractivity contribution in [2.75, 3.05) is 37.8 Å². The third-order valence-corrected chi connectivity index (χ3v) is 12.6. The highest BCUT2D eigenvalue weighted by atomic mass is 32.2. The maximum Gasteiger partial charge on any atom is 0.274 e. The highest BCUT2D eigenvalue weighted by Crippen LogP contribution is 2.56. The van der Waals surface area contributed by atoms with Gasteiger partial charge in [-0.05, 0) is 19.3 Å². The number of nitrogens with zero attached hydrogens (tertiary/aromatic N) is 4. The molecule has 0 radical (unpaired) electrons. The quantitative estimate of drug-likeness (QED) is 0.0426. The van der Waals surface area contributed by atoms with E-state index in [0.717, 1.165) is 41.8 Å². The third kappa shape index (κ3) is 17.2. The minimum absolute atomic E-state index is 0.000474. The lowest BCUT2D eigenvalue weighted by atomic mass is 9.87. The van der Waals surface area contributed by atoms with Crippen molar-refractivity contribution in [3.63, 3.8) is 0 Å². The van der Waals surface area contributed by atoms with Crippen LogP contribution in [-0.4, -0.2) is 103 Å². The molecule has 3 heterocycles. The molecule has 1 aliphatic rings. The van der Waals surface area contributed by atoms with Crippen molar-refractivity contribution in [1.82, 2.24) is 30.2 Å². The standard InChI is InChI=1S/C32H54N7O17P3S/c1-4-5-6-7-8-9-10-11-12-23(41)60-16-15-34-22(40)13-14-35-30(44)27(43)32(2,3)18-53-59(50,51)56-58(48,49)52-17-21-26(55-57(45,46)47)25(42)31(54-21)39-20-38-24-28(33)36-19-37-29(24)39/h9-10,19-21,25-27,31,42-43H,4-8,11-18H2,1-3H3,(H,34,40)(H,35,44)(H,48,49)(H,50,51)(H2,33,36,37)(H2,45,46,47)/p-4/b10-9-/t21-,25-,26-,27+,31-/m1/s1. The summed E-state index contributed by atoms with van der Waals surface area (Å²) in [6.07, 6.45) is 3.24. The second-order valence-electron chi connectivity index (χ2n) is 14.1. The minimum Gasteiger partial charge on any atom is -0.790 e. The van der Waals surface area contributed by atoms with E-state index >= 15 is 0 Å². The Morgan fingerprint density at radius 2 is 1.72 bits per heavy atom. The number of unbranched alkanes of at least 4 members (excludes halogenated alkanes) is 4. The average molecular weight is 930 g/mol. The van der Waals surface area contributed by atoms with Gasteiger partial charge in [-0.1, -0.05) is 63.9 Å². The predicted molar refractivity (Wildman–Crippen MR) is 205 cm³/mol.